The van der Waals surface area contributed by atoms with E-state index >= 15 is 0 Å². The molecule has 2 unspecified atom stereocenters. The summed E-state index contributed by atoms with van der Waals surface area (Å²) in [7, 11) is 0. The van der Waals surface area contributed by atoms with Gasteiger partial charge in [0, 0.05) is 13.1 Å². The lowest BCUT2D eigenvalue weighted by Gasteiger charge is -2.20. The van der Waals surface area contributed by atoms with Crippen LogP contribution in [0.2, 0.25) is 0 Å². The molecule has 3 heteroatoms. The smallest absolute Gasteiger partial charge is 0.221 e. The number of primary amides is 1. The maximum atomic E-state index is 11.2. The summed E-state index contributed by atoms with van der Waals surface area (Å²) in [5.74, 6) is 0.582. The number of aryl methyl sites for hydroxylation is 1. The van der Waals surface area contributed by atoms with Gasteiger partial charge < -0.3 is 10.6 Å². The van der Waals surface area contributed by atoms with Crippen LogP contribution < -0.4 is 5.73 Å². The minimum absolute atomic E-state index is 0.0710. The molecule has 1 saturated heterocycles. The third kappa shape index (κ3) is 2.15. The predicted molar refractivity (Wildman–Crippen MR) is 71.2 cm³/mol. The van der Waals surface area contributed by atoms with Gasteiger partial charge in [0.2, 0.25) is 5.91 Å². The summed E-state index contributed by atoms with van der Waals surface area (Å²) in [5.41, 5.74) is 8.40. The summed E-state index contributed by atoms with van der Waals surface area (Å²) in [5, 5.41) is 0. The molecule has 2 N–H and O–H groups in total. The normalized spacial score (nSPS) is 27.3. The first-order valence-corrected chi connectivity index (χ1v) is 6.83. The van der Waals surface area contributed by atoms with Crippen molar-refractivity contribution in [3.63, 3.8) is 0 Å². The minimum Gasteiger partial charge on any atom is -0.369 e. The van der Waals surface area contributed by atoms with Crippen LogP contribution in [0, 0.1) is 5.92 Å². The number of rotatable bonds is 3. The van der Waals surface area contributed by atoms with E-state index in [9.17, 15) is 4.79 Å². The molecule has 3 rings (SSSR count). The van der Waals surface area contributed by atoms with Crippen LogP contribution in [-0.2, 0) is 11.2 Å². The minimum atomic E-state index is -0.135. The number of carbonyl (C=O) groups is 1. The van der Waals surface area contributed by atoms with Crippen molar-refractivity contribution in [1.82, 2.24) is 4.90 Å². The summed E-state index contributed by atoms with van der Waals surface area (Å²) in [4.78, 5) is 13.6. The van der Waals surface area contributed by atoms with Crippen LogP contribution in [0.4, 0.5) is 0 Å². The first-order valence-electron chi connectivity index (χ1n) is 6.83. The SMILES string of the molecule is NC(=O)C1CCN(CC2CCc3ccccc32)C1. The highest BCUT2D eigenvalue weighted by Crippen LogP contribution is 2.34. The van der Waals surface area contributed by atoms with Gasteiger partial charge in [0.1, 0.15) is 0 Å². The van der Waals surface area contributed by atoms with E-state index in [1.165, 1.54) is 24.0 Å². The quantitative estimate of drug-likeness (QED) is 0.876. The summed E-state index contributed by atoms with van der Waals surface area (Å²) in [6.45, 7) is 2.96. The molecule has 96 valence electrons. The van der Waals surface area contributed by atoms with Gasteiger partial charge in [-0.3, -0.25) is 4.79 Å². The molecule has 1 fully saturated rings. The van der Waals surface area contributed by atoms with E-state index in [0.717, 1.165) is 26.1 Å². The van der Waals surface area contributed by atoms with Crippen LogP contribution in [0.25, 0.3) is 0 Å². The van der Waals surface area contributed by atoms with Crippen molar-refractivity contribution in [3.05, 3.63) is 35.4 Å². The second kappa shape index (κ2) is 4.73. The zero-order valence-corrected chi connectivity index (χ0v) is 10.6. The van der Waals surface area contributed by atoms with Crippen molar-refractivity contribution in [2.75, 3.05) is 19.6 Å². The van der Waals surface area contributed by atoms with Gasteiger partial charge >= 0.3 is 0 Å². The Morgan fingerprint density at radius 1 is 1.33 bits per heavy atom. The summed E-state index contributed by atoms with van der Waals surface area (Å²) in [6, 6.07) is 8.76. The van der Waals surface area contributed by atoms with E-state index in [0.29, 0.717) is 5.92 Å². The van der Waals surface area contributed by atoms with Gasteiger partial charge in [0.15, 0.2) is 0 Å². The number of nitrogens with two attached hydrogens (primary N) is 1. The van der Waals surface area contributed by atoms with Crippen LogP contribution in [0.15, 0.2) is 24.3 Å². The largest absolute Gasteiger partial charge is 0.369 e. The van der Waals surface area contributed by atoms with E-state index in [-0.39, 0.29) is 11.8 Å². The zero-order chi connectivity index (χ0) is 12.5. The Hall–Kier alpha value is -1.35. The summed E-state index contributed by atoms with van der Waals surface area (Å²) in [6.07, 6.45) is 3.38. The average Bonchev–Trinajstić information content (AvgIpc) is 2.98. The number of hydrogen-bond acceptors (Lipinski definition) is 2. The van der Waals surface area contributed by atoms with Crippen LogP contribution in [-0.4, -0.2) is 30.4 Å². The molecule has 0 radical (unpaired) electrons. The van der Waals surface area contributed by atoms with Crippen molar-refractivity contribution >= 4 is 5.91 Å². The Kier molecular flexibility index (Phi) is 3.08. The third-order valence-corrected chi connectivity index (χ3v) is 4.41. The highest BCUT2D eigenvalue weighted by Gasteiger charge is 2.30. The topological polar surface area (TPSA) is 46.3 Å². The Morgan fingerprint density at radius 3 is 2.94 bits per heavy atom. The highest BCUT2D eigenvalue weighted by molar-refractivity contribution is 5.77. The number of amides is 1. The van der Waals surface area contributed by atoms with Crippen molar-refractivity contribution in [2.45, 2.75) is 25.2 Å². The molecule has 2 atom stereocenters. The maximum absolute atomic E-state index is 11.2. The van der Waals surface area contributed by atoms with Gasteiger partial charge in [-0.2, -0.15) is 0 Å². The van der Waals surface area contributed by atoms with Crippen LogP contribution >= 0.6 is 0 Å². The van der Waals surface area contributed by atoms with E-state index in [2.05, 4.69) is 29.2 Å². The number of carbonyl (C=O) groups excluding carboxylic acids is 1. The molecule has 0 spiro atoms. The number of benzene rings is 1. The summed E-state index contributed by atoms with van der Waals surface area (Å²) < 4.78 is 0. The highest BCUT2D eigenvalue weighted by atomic mass is 16.1. The lowest BCUT2D eigenvalue weighted by atomic mass is 10.0. The molecular formula is C15H20N2O. The molecule has 1 aromatic carbocycles. The van der Waals surface area contributed by atoms with Gasteiger partial charge in [-0.15, -0.1) is 0 Å². The van der Waals surface area contributed by atoms with Crippen molar-refractivity contribution < 1.29 is 4.79 Å². The third-order valence-electron chi connectivity index (χ3n) is 4.41. The molecule has 1 amide bonds. The fourth-order valence-corrected chi connectivity index (χ4v) is 3.38. The Balaban J connectivity index is 1.64. The average molecular weight is 244 g/mol. The lowest BCUT2D eigenvalue weighted by Crippen LogP contribution is -2.29. The Bertz CT molecular complexity index is 458. The maximum Gasteiger partial charge on any atom is 0.221 e. The van der Waals surface area contributed by atoms with Crippen molar-refractivity contribution in [3.8, 4) is 0 Å². The Morgan fingerprint density at radius 2 is 2.17 bits per heavy atom. The molecule has 0 aromatic heterocycles. The van der Waals surface area contributed by atoms with Gasteiger partial charge in [0.05, 0.1) is 5.92 Å². The van der Waals surface area contributed by atoms with Gasteiger partial charge in [-0.05, 0) is 42.9 Å². The first kappa shape index (κ1) is 11.7. The van der Waals surface area contributed by atoms with Crippen molar-refractivity contribution in [2.24, 2.45) is 11.7 Å². The van der Waals surface area contributed by atoms with Crippen LogP contribution in [0.5, 0.6) is 0 Å². The van der Waals surface area contributed by atoms with E-state index < -0.39 is 0 Å². The van der Waals surface area contributed by atoms with Gasteiger partial charge in [-0.25, -0.2) is 0 Å². The summed E-state index contributed by atoms with van der Waals surface area (Å²) >= 11 is 0. The van der Waals surface area contributed by atoms with E-state index in [4.69, 9.17) is 5.73 Å². The molecule has 1 heterocycles. The van der Waals surface area contributed by atoms with Crippen LogP contribution in [0.1, 0.15) is 29.9 Å². The molecule has 3 nitrogen and oxygen atoms in total. The number of nitrogens with zero attached hydrogens (tertiary/aromatic N) is 1. The standard InChI is InChI=1S/C15H20N2O/c16-15(18)13-7-8-17(10-13)9-12-6-5-11-3-1-2-4-14(11)12/h1-4,12-13H,5-10H2,(H2,16,18). The second-order valence-corrected chi connectivity index (χ2v) is 5.58. The fraction of sp³-hybridized carbons (Fsp3) is 0.533. The molecule has 0 saturated carbocycles. The Labute approximate surface area is 108 Å². The lowest BCUT2D eigenvalue weighted by molar-refractivity contribution is -0.121. The predicted octanol–water partition coefficient (Wildman–Crippen LogP) is 1.52. The fourth-order valence-electron chi connectivity index (χ4n) is 3.38. The molecule has 0 bridgehead atoms. The molecular weight excluding hydrogens is 224 g/mol. The van der Waals surface area contributed by atoms with E-state index in [1.807, 2.05) is 0 Å². The molecule has 1 aromatic rings. The molecule has 1 aliphatic carbocycles. The molecule has 18 heavy (non-hydrogen) atoms. The number of hydrogen-bond donors (Lipinski definition) is 1. The first-order chi connectivity index (χ1) is 8.74. The number of likely N-dealkylation sites (tertiary alicyclic amines) is 1. The van der Waals surface area contributed by atoms with E-state index in [1.54, 1.807) is 0 Å². The molecule has 1 aliphatic heterocycles. The van der Waals surface area contributed by atoms with Crippen LogP contribution in [0.3, 0.4) is 0 Å². The van der Waals surface area contributed by atoms with Gasteiger partial charge in [0.25, 0.3) is 0 Å². The zero-order valence-electron chi connectivity index (χ0n) is 10.6. The second-order valence-electron chi connectivity index (χ2n) is 5.58. The number of fused-ring (bicyclic) bond motifs is 1. The monoisotopic (exact) mass is 244 g/mol. The van der Waals surface area contributed by atoms with Crippen molar-refractivity contribution in [1.29, 1.82) is 0 Å². The molecule has 2 aliphatic rings. The van der Waals surface area contributed by atoms with Gasteiger partial charge in [-0.1, -0.05) is 24.3 Å².